The van der Waals surface area contributed by atoms with Crippen LogP contribution >= 0.6 is 19.7 Å². The third-order valence-electron chi connectivity index (χ3n) is 0.813. The number of halogens is 2. The molecule has 0 radical (unpaired) electrons. The van der Waals surface area contributed by atoms with E-state index in [2.05, 4.69) is 0 Å². The number of carbonyl (C=O) groups is 4. The Kier molecular flexibility index (Phi) is 20.0. The van der Waals surface area contributed by atoms with E-state index in [0.29, 0.717) is 0 Å². The average Bonchev–Trinajstić information content (AvgIpc) is 1.99. The van der Waals surface area contributed by atoms with Crippen LogP contribution in [0.2, 0.25) is 0 Å². The van der Waals surface area contributed by atoms with Gasteiger partial charge in [0, 0.05) is 23.1 Å². The van der Waals surface area contributed by atoms with Crippen molar-refractivity contribution >= 4 is 42.8 Å². The van der Waals surface area contributed by atoms with Crippen LogP contribution in [0, 0.1) is 12.8 Å². The van der Waals surface area contributed by atoms with Gasteiger partial charge in [0.1, 0.15) is 0 Å². The summed E-state index contributed by atoms with van der Waals surface area (Å²) in [5.41, 5.74) is 0. The van der Waals surface area contributed by atoms with E-state index in [-0.39, 0.29) is 37.5 Å². The van der Waals surface area contributed by atoms with Crippen molar-refractivity contribution in [2.24, 2.45) is 0 Å². The van der Waals surface area contributed by atoms with E-state index in [1.807, 2.05) is 0 Å². The van der Waals surface area contributed by atoms with Gasteiger partial charge in [-0.1, -0.05) is 0 Å². The molecule has 0 saturated carbocycles. The van der Waals surface area contributed by atoms with Crippen LogP contribution < -0.4 is 0 Å². The molecule has 0 aliphatic rings. The van der Waals surface area contributed by atoms with E-state index < -0.39 is 0 Å². The van der Waals surface area contributed by atoms with Gasteiger partial charge in [-0.3, -0.25) is 12.8 Å². The molecule has 0 aromatic rings. The normalized spacial score (nSPS) is 7.18. The Hall–Kier alpha value is -0.416. The molecule has 0 spiro atoms. The summed E-state index contributed by atoms with van der Waals surface area (Å²) in [6, 6.07) is 0. The number of ketones is 4. The first-order chi connectivity index (χ1) is 7.67. The zero-order valence-electron chi connectivity index (χ0n) is 9.99. The van der Waals surface area contributed by atoms with Crippen LogP contribution in [0.15, 0.2) is 0 Å². The fraction of sp³-hybridized carbons (Fsp3) is 0.400. The van der Waals surface area contributed by atoms with E-state index in [9.17, 15) is 19.2 Å². The molecule has 0 aliphatic heterocycles. The fourth-order valence-electron chi connectivity index (χ4n) is 0.572. The average molecular weight is 320 g/mol. The van der Waals surface area contributed by atoms with Gasteiger partial charge in [0.05, 0.1) is 0 Å². The number of carbonyl (C=O) groups excluding carboxylic acids is 4. The maximum absolute atomic E-state index is 9.98. The summed E-state index contributed by atoms with van der Waals surface area (Å²) in [5.74, 6) is -0.750. The third-order valence-corrected chi connectivity index (χ3v) is 0.813. The molecule has 0 amide bonds. The summed E-state index contributed by atoms with van der Waals surface area (Å²) in [5, 5.41) is 0. The molecule has 99 valence electrons. The van der Waals surface area contributed by atoms with Gasteiger partial charge in [-0.25, -0.2) is 0 Å². The molecule has 0 aromatic heterocycles. The van der Waals surface area contributed by atoms with Gasteiger partial charge in [0.25, 0.3) is 0 Å². The van der Waals surface area contributed by atoms with Gasteiger partial charge < -0.3 is 19.2 Å². The van der Waals surface area contributed by atoms with E-state index in [4.69, 9.17) is 19.7 Å². The predicted octanol–water partition coefficient (Wildman–Crippen LogP) is 2.11. The Labute approximate surface area is 117 Å². The zero-order valence-corrected chi connectivity index (χ0v) is 12.9. The molecule has 7 heteroatoms. The van der Waals surface area contributed by atoms with E-state index >= 15 is 0 Å². The minimum atomic E-state index is -0.368. The fourth-order valence-corrected chi connectivity index (χ4v) is 0.572. The van der Waals surface area contributed by atoms with Crippen LogP contribution in [0.5, 0.6) is 0 Å². The molecule has 0 heterocycles. The van der Waals surface area contributed by atoms with Crippen LogP contribution in [0.1, 0.15) is 27.7 Å². The summed E-state index contributed by atoms with van der Waals surface area (Å²) in [6.07, 6.45) is 2.11. The Balaban J connectivity index is -0.000000188. The second-order valence-electron chi connectivity index (χ2n) is 2.80. The number of hydrogen-bond donors (Lipinski definition) is 0. The van der Waals surface area contributed by atoms with Crippen molar-refractivity contribution < 1.29 is 33.6 Å². The van der Waals surface area contributed by atoms with Crippen molar-refractivity contribution in [3.8, 4) is 0 Å². The minimum absolute atomic E-state index is 0.187. The quantitative estimate of drug-likeness (QED) is 0.588. The molecule has 17 heavy (non-hydrogen) atoms. The van der Waals surface area contributed by atoms with E-state index in [0.717, 1.165) is 12.8 Å². The summed E-state index contributed by atoms with van der Waals surface area (Å²) >= 11 is -0.368. The molecule has 0 atom stereocenters. The van der Waals surface area contributed by atoms with Crippen molar-refractivity contribution in [3.05, 3.63) is 12.8 Å². The molecule has 0 aromatic carbocycles. The van der Waals surface area contributed by atoms with Gasteiger partial charge in [-0.2, -0.15) is 0 Å². The number of hydrogen-bond acceptors (Lipinski definition) is 4. The Morgan fingerprint density at radius 2 is 0.824 bits per heavy atom. The second kappa shape index (κ2) is 15.6. The number of rotatable bonds is 4. The standard InChI is InChI=1S/2C5H7O2.2ClH.V/c2*1-4(6)3-5(2)7;;;/h2*3H,1-2H3;2*1H;/q2*-1;;;+2/p-2. The first-order valence-corrected chi connectivity index (χ1v) is 8.15. The predicted molar refractivity (Wildman–Crippen MR) is 63.0 cm³/mol. The van der Waals surface area contributed by atoms with Gasteiger partial charge >= 0.3 is 34.1 Å². The van der Waals surface area contributed by atoms with Crippen LogP contribution in [0.4, 0.5) is 0 Å². The Morgan fingerprint density at radius 3 is 0.824 bits per heavy atom. The topological polar surface area (TPSA) is 68.3 Å². The van der Waals surface area contributed by atoms with Crippen LogP contribution in [0.25, 0.3) is 0 Å². The molecule has 0 saturated heterocycles. The summed E-state index contributed by atoms with van der Waals surface area (Å²) in [4.78, 5) is 39.9. The van der Waals surface area contributed by atoms with Gasteiger partial charge in [0.15, 0.2) is 0 Å². The summed E-state index contributed by atoms with van der Waals surface area (Å²) < 4.78 is 0. The SMILES string of the molecule is CC(=O)[CH-]C(C)=O.CC(=O)[CH-]C(C)=O.[Cl][V][Cl]. The molecule has 0 bridgehead atoms. The van der Waals surface area contributed by atoms with Crippen molar-refractivity contribution in [2.45, 2.75) is 27.7 Å². The van der Waals surface area contributed by atoms with Crippen molar-refractivity contribution in [1.82, 2.24) is 0 Å². The first-order valence-electron chi connectivity index (χ1n) is 4.31. The summed E-state index contributed by atoms with van der Waals surface area (Å²) in [6.45, 7) is 5.39. The molecule has 0 fully saturated rings. The van der Waals surface area contributed by atoms with Crippen LogP contribution in [-0.4, -0.2) is 23.1 Å². The Bertz CT molecular complexity index is 217. The van der Waals surface area contributed by atoms with Crippen LogP contribution in [-0.2, 0) is 33.6 Å². The Morgan fingerprint density at radius 1 is 0.706 bits per heavy atom. The molecule has 0 aliphatic carbocycles. The number of Topliss-reactive ketones (excluding diaryl/α,β-unsaturated/α-hetero) is 4. The van der Waals surface area contributed by atoms with Crippen molar-refractivity contribution in [2.75, 3.05) is 0 Å². The van der Waals surface area contributed by atoms with E-state index in [1.54, 1.807) is 0 Å². The molecular formula is C10H14Cl2O4V-2. The monoisotopic (exact) mass is 319 g/mol. The van der Waals surface area contributed by atoms with Crippen molar-refractivity contribution in [1.29, 1.82) is 0 Å². The van der Waals surface area contributed by atoms with Gasteiger partial charge in [-0.15, -0.1) is 0 Å². The molecule has 4 nitrogen and oxygen atoms in total. The molecular weight excluding hydrogens is 306 g/mol. The second-order valence-corrected chi connectivity index (χ2v) is 5.10. The van der Waals surface area contributed by atoms with Crippen LogP contribution in [0.3, 0.4) is 0 Å². The van der Waals surface area contributed by atoms with Gasteiger partial charge in [0.2, 0.25) is 0 Å². The van der Waals surface area contributed by atoms with Gasteiger partial charge in [-0.05, 0) is 27.7 Å². The van der Waals surface area contributed by atoms with Crippen molar-refractivity contribution in [3.63, 3.8) is 0 Å². The first kappa shape index (κ1) is 21.8. The summed E-state index contributed by atoms with van der Waals surface area (Å²) in [7, 11) is 9.72. The molecule has 0 rings (SSSR count). The third kappa shape index (κ3) is 50.0. The molecule has 0 unspecified atom stereocenters. The maximum atomic E-state index is 9.98. The zero-order chi connectivity index (χ0) is 14.4. The molecule has 0 N–H and O–H groups in total. The van der Waals surface area contributed by atoms with E-state index in [1.165, 1.54) is 27.7 Å².